The molecule has 0 spiro atoms. The van der Waals surface area contributed by atoms with Gasteiger partial charge >= 0.3 is 0 Å². The topological polar surface area (TPSA) is 114 Å². The Bertz CT molecular complexity index is 1280. The fourth-order valence-corrected chi connectivity index (χ4v) is 4.31. The molecule has 3 N–H and O–H groups in total. The number of nitrogens with zero attached hydrogens (tertiary/aromatic N) is 3. The first-order valence-corrected chi connectivity index (χ1v) is 11.5. The van der Waals surface area contributed by atoms with Gasteiger partial charge in [0.15, 0.2) is 0 Å². The highest BCUT2D eigenvalue weighted by Crippen LogP contribution is 2.28. The van der Waals surface area contributed by atoms with E-state index in [0.29, 0.717) is 36.8 Å². The Hall–Kier alpha value is -4.08. The molecule has 9 heteroatoms. The second-order valence-electron chi connectivity index (χ2n) is 8.36. The number of anilines is 1. The molecule has 0 radical (unpaired) electrons. The van der Waals surface area contributed by atoms with Crippen LogP contribution in [0.4, 0.5) is 5.95 Å². The summed E-state index contributed by atoms with van der Waals surface area (Å²) in [5.41, 5.74) is 3.84. The molecule has 178 valence electrons. The second kappa shape index (κ2) is 10.5. The Morgan fingerprint density at radius 1 is 1.20 bits per heavy atom. The number of aromatic amines is 1. The molecule has 3 heterocycles. The number of benzene rings is 2. The summed E-state index contributed by atoms with van der Waals surface area (Å²) in [6.07, 6.45) is 6.58. The number of rotatable bonds is 8. The van der Waals surface area contributed by atoms with Crippen LogP contribution in [0.25, 0.3) is 16.8 Å². The summed E-state index contributed by atoms with van der Waals surface area (Å²) >= 11 is 0. The zero-order chi connectivity index (χ0) is 24.0. The van der Waals surface area contributed by atoms with Crippen molar-refractivity contribution < 1.29 is 14.3 Å². The Kier molecular flexibility index (Phi) is 6.78. The number of imidazole rings is 1. The van der Waals surface area contributed by atoms with Crippen molar-refractivity contribution in [2.75, 3.05) is 25.1 Å². The van der Waals surface area contributed by atoms with E-state index < -0.39 is 0 Å². The van der Waals surface area contributed by atoms with Gasteiger partial charge in [-0.2, -0.15) is 5.10 Å². The number of hydrogen-bond acceptors (Lipinski definition) is 6. The van der Waals surface area contributed by atoms with E-state index in [0.717, 1.165) is 29.6 Å². The highest BCUT2D eigenvalue weighted by atomic mass is 16.5. The Balaban J connectivity index is 1.48. The molecule has 9 nitrogen and oxygen atoms in total. The standard InChI is InChI=1S/C26H26N6O3/c33-11-9-22(24-17-35-12-10-27-24)23-16-32(21-7-2-1-3-8-21)26(30-23)31-25(34)19-6-4-5-18(13-19)20-14-28-29-15-20/h1-8,11,13-16,22,24,27H,9-10,12,17H2,(H,28,29)(H,30,31,34). The number of ether oxygens (including phenoxy) is 1. The van der Waals surface area contributed by atoms with Gasteiger partial charge in [-0.15, -0.1) is 0 Å². The molecule has 2 aromatic carbocycles. The molecule has 1 saturated heterocycles. The van der Waals surface area contributed by atoms with Crippen molar-refractivity contribution in [3.8, 4) is 16.8 Å². The molecule has 35 heavy (non-hydrogen) atoms. The zero-order valence-electron chi connectivity index (χ0n) is 19.1. The van der Waals surface area contributed by atoms with Crippen LogP contribution in [0.1, 0.15) is 28.4 Å². The van der Waals surface area contributed by atoms with Crippen molar-refractivity contribution in [2.45, 2.75) is 18.4 Å². The van der Waals surface area contributed by atoms with Crippen molar-refractivity contribution in [2.24, 2.45) is 0 Å². The molecule has 0 aliphatic carbocycles. The summed E-state index contributed by atoms with van der Waals surface area (Å²) in [5, 5.41) is 13.2. The molecule has 2 atom stereocenters. The molecule has 1 aliphatic heterocycles. The quantitative estimate of drug-likeness (QED) is 0.341. The lowest BCUT2D eigenvalue weighted by Gasteiger charge is -2.29. The predicted molar refractivity (Wildman–Crippen MR) is 132 cm³/mol. The number of H-pyrrole nitrogens is 1. The van der Waals surface area contributed by atoms with Crippen LogP contribution in [0.3, 0.4) is 0 Å². The van der Waals surface area contributed by atoms with Crippen LogP contribution >= 0.6 is 0 Å². The zero-order valence-corrected chi connectivity index (χ0v) is 19.1. The fourth-order valence-electron chi connectivity index (χ4n) is 4.31. The van der Waals surface area contributed by atoms with Gasteiger partial charge in [-0.3, -0.25) is 19.8 Å². The van der Waals surface area contributed by atoms with Crippen molar-refractivity contribution in [1.29, 1.82) is 0 Å². The molecule has 4 aromatic rings. The largest absolute Gasteiger partial charge is 0.378 e. The van der Waals surface area contributed by atoms with Crippen LogP contribution in [0, 0.1) is 0 Å². The Labute approximate surface area is 202 Å². The number of nitrogens with one attached hydrogen (secondary N) is 3. The van der Waals surface area contributed by atoms with Gasteiger partial charge in [0.1, 0.15) is 6.29 Å². The van der Waals surface area contributed by atoms with Crippen LogP contribution in [-0.2, 0) is 9.53 Å². The van der Waals surface area contributed by atoms with Gasteiger partial charge in [0.2, 0.25) is 5.95 Å². The molecular weight excluding hydrogens is 444 g/mol. The molecule has 0 bridgehead atoms. The maximum absolute atomic E-state index is 13.2. The summed E-state index contributed by atoms with van der Waals surface area (Å²) in [4.78, 5) is 29.5. The summed E-state index contributed by atoms with van der Waals surface area (Å²) < 4.78 is 7.47. The van der Waals surface area contributed by atoms with Gasteiger partial charge in [-0.25, -0.2) is 4.98 Å². The normalized spacial score (nSPS) is 16.5. The molecule has 2 aromatic heterocycles. The minimum absolute atomic E-state index is 0.0386. The molecule has 1 fully saturated rings. The third-order valence-corrected chi connectivity index (χ3v) is 6.11. The van der Waals surface area contributed by atoms with Crippen molar-refractivity contribution in [3.05, 3.63) is 84.4 Å². The lowest BCUT2D eigenvalue weighted by molar-refractivity contribution is -0.108. The van der Waals surface area contributed by atoms with Crippen molar-refractivity contribution >= 4 is 18.1 Å². The number of aldehydes is 1. The molecule has 0 saturated carbocycles. The van der Waals surface area contributed by atoms with E-state index in [9.17, 15) is 9.59 Å². The third kappa shape index (κ3) is 5.06. The maximum atomic E-state index is 13.2. The maximum Gasteiger partial charge on any atom is 0.258 e. The van der Waals surface area contributed by atoms with Crippen LogP contribution in [0.15, 0.2) is 73.2 Å². The number of amides is 1. The smallest absolute Gasteiger partial charge is 0.258 e. The molecule has 5 rings (SSSR count). The number of hydrogen-bond donors (Lipinski definition) is 3. The molecule has 1 amide bonds. The summed E-state index contributed by atoms with van der Waals surface area (Å²) in [6.45, 7) is 1.86. The van der Waals surface area contributed by atoms with Gasteiger partial charge in [0.05, 0.1) is 25.1 Å². The summed E-state index contributed by atoms with van der Waals surface area (Å²) in [7, 11) is 0. The second-order valence-corrected chi connectivity index (χ2v) is 8.36. The minimum Gasteiger partial charge on any atom is -0.378 e. The first-order valence-electron chi connectivity index (χ1n) is 11.5. The van der Waals surface area contributed by atoms with Crippen molar-refractivity contribution in [3.63, 3.8) is 0 Å². The fraction of sp³-hybridized carbons (Fsp3) is 0.231. The first-order chi connectivity index (χ1) is 17.2. The average molecular weight is 471 g/mol. The molecular formula is C26H26N6O3. The minimum atomic E-state index is -0.282. The third-order valence-electron chi connectivity index (χ3n) is 6.11. The van der Waals surface area contributed by atoms with E-state index in [1.807, 2.05) is 59.3 Å². The van der Waals surface area contributed by atoms with Crippen LogP contribution < -0.4 is 10.6 Å². The SMILES string of the molecule is O=CCC(c1cn(-c2ccccc2)c(NC(=O)c2cccc(-c3cn[nH]c3)c2)n1)C1COCCN1. The number of morpholine rings is 1. The highest BCUT2D eigenvalue weighted by molar-refractivity contribution is 6.04. The summed E-state index contributed by atoms with van der Waals surface area (Å²) in [6, 6.07) is 17.0. The highest BCUT2D eigenvalue weighted by Gasteiger charge is 2.28. The van der Waals surface area contributed by atoms with Gasteiger partial charge in [0, 0.05) is 54.1 Å². The Morgan fingerprint density at radius 3 is 2.83 bits per heavy atom. The van der Waals surface area contributed by atoms with Gasteiger partial charge in [-0.05, 0) is 29.8 Å². The molecule has 1 aliphatic rings. The lowest BCUT2D eigenvalue weighted by atomic mass is 9.93. The average Bonchev–Trinajstić information content (AvgIpc) is 3.59. The van der Waals surface area contributed by atoms with E-state index in [2.05, 4.69) is 20.8 Å². The van der Waals surface area contributed by atoms with Gasteiger partial charge in [0.25, 0.3) is 5.91 Å². The van der Waals surface area contributed by atoms with Crippen LogP contribution in [-0.4, -0.2) is 57.7 Å². The van der Waals surface area contributed by atoms with E-state index in [1.54, 1.807) is 18.5 Å². The first kappa shape index (κ1) is 22.7. The number of carbonyl (C=O) groups excluding carboxylic acids is 2. The van der Waals surface area contributed by atoms with Crippen molar-refractivity contribution in [1.82, 2.24) is 25.1 Å². The van der Waals surface area contributed by atoms with E-state index in [-0.39, 0.29) is 17.9 Å². The molecule has 2 unspecified atom stereocenters. The lowest BCUT2D eigenvalue weighted by Crippen LogP contribution is -2.45. The van der Waals surface area contributed by atoms with E-state index in [1.165, 1.54) is 0 Å². The number of para-hydroxylation sites is 1. The van der Waals surface area contributed by atoms with Crippen LogP contribution in [0.5, 0.6) is 0 Å². The van der Waals surface area contributed by atoms with Gasteiger partial charge < -0.3 is 14.8 Å². The predicted octanol–water partition coefficient (Wildman–Crippen LogP) is 3.18. The van der Waals surface area contributed by atoms with E-state index >= 15 is 0 Å². The summed E-state index contributed by atoms with van der Waals surface area (Å²) in [5.74, 6) is -0.0777. The van der Waals surface area contributed by atoms with E-state index in [4.69, 9.17) is 9.72 Å². The number of aromatic nitrogens is 4. The van der Waals surface area contributed by atoms with Gasteiger partial charge in [-0.1, -0.05) is 30.3 Å². The van der Waals surface area contributed by atoms with Crippen LogP contribution in [0.2, 0.25) is 0 Å². The Morgan fingerprint density at radius 2 is 2.09 bits per heavy atom. The number of carbonyl (C=O) groups is 2. The monoisotopic (exact) mass is 470 g/mol.